The zero-order valence-electron chi connectivity index (χ0n) is 24.4. The fourth-order valence-corrected chi connectivity index (χ4v) is 13.4. The largest absolute Gasteiger partial charge is 0.458 e. The highest BCUT2D eigenvalue weighted by Crippen LogP contribution is 2.38. The van der Waals surface area contributed by atoms with Crippen molar-refractivity contribution < 1.29 is 4.74 Å². The van der Waals surface area contributed by atoms with Crippen molar-refractivity contribution in [2.75, 3.05) is 0 Å². The van der Waals surface area contributed by atoms with E-state index in [2.05, 4.69) is 168 Å². The predicted molar refractivity (Wildman–Crippen MR) is 189 cm³/mol. The summed E-state index contributed by atoms with van der Waals surface area (Å²) in [7, 11) is -2.61. The van der Waals surface area contributed by atoms with Crippen LogP contribution in [-0.4, -0.2) is 12.6 Å². The fourth-order valence-electron chi connectivity index (χ4n) is 8.04. The van der Waals surface area contributed by atoms with E-state index >= 15 is 0 Å². The van der Waals surface area contributed by atoms with Crippen molar-refractivity contribution in [1.82, 2.24) is 4.57 Å². The van der Waals surface area contributed by atoms with Gasteiger partial charge in [-0.1, -0.05) is 127 Å². The monoisotopic (exact) mass is 589 g/mol. The van der Waals surface area contributed by atoms with Gasteiger partial charge in [0.2, 0.25) is 0 Å². The molecule has 0 aliphatic carbocycles. The van der Waals surface area contributed by atoms with Crippen LogP contribution in [-0.2, 0) is 0 Å². The third-order valence-electron chi connectivity index (χ3n) is 9.89. The summed E-state index contributed by atoms with van der Waals surface area (Å²) in [4.78, 5) is 0. The number of para-hydroxylation sites is 3. The van der Waals surface area contributed by atoms with E-state index in [0.717, 1.165) is 17.2 Å². The Morgan fingerprint density at radius 1 is 0.400 bits per heavy atom. The highest BCUT2D eigenvalue weighted by Gasteiger charge is 2.53. The number of benzene rings is 7. The number of aromatic nitrogens is 1. The molecule has 45 heavy (non-hydrogen) atoms. The van der Waals surface area contributed by atoms with E-state index in [4.69, 9.17) is 4.74 Å². The lowest BCUT2D eigenvalue weighted by molar-refractivity contribution is 0.487. The predicted octanol–water partition coefficient (Wildman–Crippen LogP) is 7.91. The van der Waals surface area contributed by atoms with Gasteiger partial charge in [-0.25, -0.2) is 0 Å². The molecule has 0 amide bonds. The van der Waals surface area contributed by atoms with Gasteiger partial charge in [0, 0.05) is 16.5 Å². The van der Waals surface area contributed by atoms with E-state index < -0.39 is 8.07 Å². The lowest BCUT2D eigenvalue weighted by Gasteiger charge is -2.37. The second-order valence-corrected chi connectivity index (χ2v) is 15.7. The zero-order chi connectivity index (χ0) is 29.5. The minimum Gasteiger partial charge on any atom is -0.458 e. The first-order valence-electron chi connectivity index (χ1n) is 15.5. The Hall–Kier alpha value is -5.64. The van der Waals surface area contributed by atoms with Gasteiger partial charge in [-0.05, 0) is 79.4 Å². The molecular weight excluding hydrogens is 563 g/mol. The standard InChI is InChI=1S/C42H27NOSi/c1-5-15-35-31(11-1)32-12-2-6-16-36(32)43(35)30-24-21-28(22-25-30)29-23-26-38-42(27-29)45(41-20-10-7-17-37(41)44-38)39-18-8-3-13-33(39)34-14-4-9-19-40(34)45/h1-27H. The molecule has 2 aliphatic heterocycles. The Labute approximate surface area is 262 Å². The van der Waals surface area contributed by atoms with Gasteiger partial charge in [-0.3, -0.25) is 0 Å². The third kappa shape index (κ3) is 3.28. The molecular formula is C42H27NOSi. The molecule has 7 aromatic carbocycles. The Morgan fingerprint density at radius 3 is 1.58 bits per heavy atom. The molecule has 0 fully saturated rings. The molecule has 2 aliphatic rings. The minimum absolute atomic E-state index is 0.970. The average molecular weight is 590 g/mol. The molecule has 0 atom stereocenters. The van der Waals surface area contributed by atoms with Crippen molar-refractivity contribution in [3.05, 3.63) is 164 Å². The van der Waals surface area contributed by atoms with Gasteiger partial charge >= 0.3 is 0 Å². The molecule has 2 nitrogen and oxygen atoms in total. The first kappa shape index (κ1) is 24.8. The third-order valence-corrected chi connectivity index (χ3v) is 14.8. The van der Waals surface area contributed by atoms with Crippen LogP contribution in [0.15, 0.2) is 164 Å². The number of hydrogen-bond donors (Lipinski definition) is 0. The molecule has 0 radical (unpaired) electrons. The first-order valence-corrected chi connectivity index (χ1v) is 17.5. The summed E-state index contributed by atoms with van der Waals surface area (Å²) in [5, 5.41) is 8.10. The summed E-state index contributed by atoms with van der Waals surface area (Å²) in [6.45, 7) is 0. The van der Waals surface area contributed by atoms with Crippen LogP contribution in [0.5, 0.6) is 11.5 Å². The SMILES string of the molecule is c1ccc2c(c1)Oc1ccc(-c3ccc(-n4c5ccccc5c5ccccc54)cc3)cc1[Si]21c2ccccc2-c2ccccc21. The maximum absolute atomic E-state index is 6.67. The van der Waals surface area contributed by atoms with Gasteiger partial charge < -0.3 is 9.30 Å². The Kier molecular flexibility index (Phi) is 5.05. The van der Waals surface area contributed by atoms with Gasteiger partial charge in [0.15, 0.2) is 8.07 Å². The van der Waals surface area contributed by atoms with Gasteiger partial charge in [0.05, 0.1) is 11.0 Å². The summed E-state index contributed by atoms with van der Waals surface area (Å²) in [6.07, 6.45) is 0. The van der Waals surface area contributed by atoms with E-state index in [1.54, 1.807) is 0 Å². The summed E-state index contributed by atoms with van der Waals surface area (Å²) in [6, 6.07) is 60.0. The van der Waals surface area contributed by atoms with Crippen LogP contribution in [0.1, 0.15) is 0 Å². The van der Waals surface area contributed by atoms with E-state index in [1.807, 2.05) is 0 Å². The number of hydrogen-bond acceptors (Lipinski definition) is 1. The Morgan fingerprint density at radius 2 is 0.911 bits per heavy atom. The molecule has 1 aromatic heterocycles. The van der Waals surface area contributed by atoms with Crippen molar-refractivity contribution >= 4 is 50.6 Å². The van der Waals surface area contributed by atoms with E-state index in [1.165, 1.54) is 64.8 Å². The molecule has 0 N–H and O–H groups in total. The number of ether oxygens (including phenoxy) is 1. The van der Waals surface area contributed by atoms with Gasteiger partial charge in [0.1, 0.15) is 11.5 Å². The van der Waals surface area contributed by atoms with Crippen molar-refractivity contribution in [3.8, 4) is 39.4 Å². The van der Waals surface area contributed by atoms with Crippen LogP contribution in [0, 0.1) is 0 Å². The van der Waals surface area contributed by atoms with Gasteiger partial charge in [0.25, 0.3) is 0 Å². The lowest BCUT2D eigenvalue weighted by Crippen LogP contribution is -2.74. The molecule has 210 valence electrons. The van der Waals surface area contributed by atoms with Gasteiger partial charge in [-0.15, -0.1) is 0 Å². The molecule has 0 saturated carbocycles. The highest BCUT2D eigenvalue weighted by atomic mass is 28.3. The molecule has 1 spiro atoms. The van der Waals surface area contributed by atoms with Crippen molar-refractivity contribution in [2.45, 2.75) is 0 Å². The van der Waals surface area contributed by atoms with Crippen LogP contribution in [0.3, 0.4) is 0 Å². The first-order chi connectivity index (χ1) is 22.3. The van der Waals surface area contributed by atoms with Gasteiger partial charge in [-0.2, -0.15) is 0 Å². The zero-order valence-corrected chi connectivity index (χ0v) is 25.4. The maximum atomic E-state index is 6.67. The number of nitrogens with zero attached hydrogens (tertiary/aromatic N) is 1. The van der Waals surface area contributed by atoms with E-state index in [0.29, 0.717) is 0 Å². The van der Waals surface area contributed by atoms with Crippen molar-refractivity contribution in [2.24, 2.45) is 0 Å². The second kappa shape index (κ2) is 9.18. The van der Waals surface area contributed by atoms with Crippen LogP contribution < -0.4 is 25.5 Å². The van der Waals surface area contributed by atoms with Crippen molar-refractivity contribution in [1.29, 1.82) is 0 Å². The van der Waals surface area contributed by atoms with Crippen LogP contribution in [0.2, 0.25) is 0 Å². The highest BCUT2D eigenvalue weighted by molar-refractivity contribution is 7.23. The van der Waals surface area contributed by atoms with Crippen LogP contribution in [0.4, 0.5) is 0 Å². The smallest absolute Gasteiger partial charge is 0.189 e. The average Bonchev–Trinajstić information content (AvgIpc) is 3.60. The normalized spacial score (nSPS) is 13.7. The number of fused-ring (bicyclic) bond motifs is 12. The molecule has 0 saturated heterocycles. The topological polar surface area (TPSA) is 14.2 Å². The van der Waals surface area contributed by atoms with E-state index in [9.17, 15) is 0 Å². The lowest BCUT2D eigenvalue weighted by atomic mass is 10.0. The maximum Gasteiger partial charge on any atom is 0.189 e. The van der Waals surface area contributed by atoms with Crippen molar-refractivity contribution in [3.63, 3.8) is 0 Å². The molecule has 0 unspecified atom stereocenters. The Balaban J connectivity index is 1.17. The van der Waals surface area contributed by atoms with E-state index in [-0.39, 0.29) is 0 Å². The minimum atomic E-state index is -2.61. The molecule has 3 heteroatoms. The summed E-state index contributed by atoms with van der Waals surface area (Å²) >= 11 is 0. The van der Waals surface area contributed by atoms with Crippen LogP contribution >= 0.6 is 0 Å². The summed E-state index contributed by atoms with van der Waals surface area (Å²) in [5.41, 5.74) is 8.72. The van der Waals surface area contributed by atoms with Crippen LogP contribution in [0.25, 0.3) is 49.7 Å². The quantitative estimate of drug-likeness (QED) is 0.187. The molecule has 0 bridgehead atoms. The Bertz CT molecular complexity index is 2370. The molecule has 8 aromatic rings. The molecule has 10 rings (SSSR count). The fraction of sp³-hybridized carbons (Fsp3) is 0. The summed E-state index contributed by atoms with van der Waals surface area (Å²) < 4.78 is 9.04. The second-order valence-electron chi connectivity index (χ2n) is 12.1. The molecule has 3 heterocycles. The summed E-state index contributed by atoms with van der Waals surface area (Å²) in [5.74, 6) is 1.95. The number of rotatable bonds is 2.